The number of hydrogen-bond acceptors (Lipinski definition) is 6. The van der Waals surface area contributed by atoms with Crippen LogP contribution in [0.4, 0.5) is 0 Å². The first kappa shape index (κ1) is 13.5. The van der Waals surface area contributed by atoms with Crippen LogP contribution in [-0.4, -0.2) is 29.9 Å². The summed E-state index contributed by atoms with van der Waals surface area (Å²) in [6, 6.07) is 9.33. The van der Waals surface area contributed by atoms with Gasteiger partial charge in [0.1, 0.15) is 5.75 Å². The SMILES string of the molecule is COCC(N)Cc1nc(COc2ccccc2)no1. The molecule has 2 N–H and O–H groups in total. The van der Waals surface area contributed by atoms with Crippen LogP contribution in [0.2, 0.25) is 0 Å². The molecule has 1 unspecified atom stereocenters. The fourth-order valence-electron chi connectivity index (χ4n) is 1.59. The van der Waals surface area contributed by atoms with E-state index in [0.717, 1.165) is 5.75 Å². The molecule has 0 bridgehead atoms. The molecule has 0 aliphatic carbocycles. The number of aromatic nitrogens is 2. The van der Waals surface area contributed by atoms with Gasteiger partial charge in [-0.15, -0.1) is 0 Å². The standard InChI is InChI=1S/C13H17N3O3/c1-17-8-10(14)7-13-15-12(16-19-13)9-18-11-5-3-2-4-6-11/h2-6,10H,7-9,14H2,1H3. The van der Waals surface area contributed by atoms with Crippen molar-refractivity contribution < 1.29 is 14.0 Å². The molecule has 1 atom stereocenters. The number of rotatable bonds is 7. The van der Waals surface area contributed by atoms with Gasteiger partial charge >= 0.3 is 0 Å². The van der Waals surface area contributed by atoms with E-state index in [1.54, 1.807) is 7.11 Å². The van der Waals surface area contributed by atoms with Crippen molar-refractivity contribution in [3.63, 3.8) is 0 Å². The molecule has 0 aliphatic heterocycles. The maximum atomic E-state index is 5.81. The lowest BCUT2D eigenvalue weighted by Crippen LogP contribution is -2.28. The molecule has 1 heterocycles. The molecule has 0 saturated heterocycles. The van der Waals surface area contributed by atoms with E-state index < -0.39 is 0 Å². The third-order valence-corrected chi connectivity index (χ3v) is 2.44. The number of nitrogens with two attached hydrogens (primary N) is 1. The second kappa shape index (κ2) is 6.86. The Morgan fingerprint density at radius 3 is 2.84 bits per heavy atom. The summed E-state index contributed by atoms with van der Waals surface area (Å²) in [5.41, 5.74) is 5.81. The van der Waals surface area contributed by atoms with Crippen LogP contribution in [0.1, 0.15) is 11.7 Å². The van der Waals surface area contributed by atoms with Gasteiger partial charge in [-0.1, -0.05) is 23.4 Å². The Labute approximate surface area is 111 Å². The van der Waals surface area contributed by atoms with Crippen LogP contribution in [0.25, 0.3) is 0 Å². The molecule has 0 saturated carbocycles. The predicted molar refractivity (Wildman–Crippen MR) is 68.6 cm³/mol. The fourth-order valence-corrected chi connectivity index (χ4v) is 1.59. The lowest BCUT2D eigenvalue weighted by molar-refractivity contribution is 0.176. The van der Waals surface area contributed by atoms with Gasteiger partial charge in [-0.25, -0.2) is 0 Å². The van der Waals surface area contributed by atoms with Gasteiger partial charge in [0.15, 0.2) is 6.61 Å². The van der Waals surface area contributed by atoms with Crippen molar-refractivity contribution in [3.8, 4) is 5.75 Å². The first-order valence-corrected chi connectivity index (χ1v) is 6.01. The normalized spacial score (nSPS) is 12.3. The zero-order chi connectivity index (χ0) is 13.5. The molecule has 1 aromatic heterocycles. The third-order valence-electron chi connectivity index (χ3n) is 2.44. The van der Waals surface area contributed by atoms with Crippen molar-refractivity contribution in [3.05, 3.63) is 42.0 Å². The Morgan fingerprint density at radius 2 is 2.11 bits per heavy atom. The summed E-state index contributed by atoms with van der Waals surface area (Å²) >= 11 is 0. The first-order chi connectivity index (χ1) is 9.28. The number of ether oxygens (including phenoxy) is 2. The summed E-state index contributed by atoms with van der Waals surface area (Å²) in [6.45, 7) is 0.727. The summed E-state index contributed by atoms with van der Waals surface area (Å²) < 4.78 is 15.6. The molecule has 0 spiro atoms. The van der Waals surface area contributed by atoms with E-state index in [9.17, 15) is 0 Å². The molecule has 0 aliphatic rings. The first-order valence-electron chi connectivity index (χ1n) is 6.01. The highest BCUT2D eigenvalue weighted by molar-refractivity contribution is 5.20. The fraction of sp³-hybridized carbons (Fsp3) is 0.385. The number of hydrogen-bond donors (Lipinski definition) is 1. The minimum Gasteiger partial charge on any atom is -0.485 e. The van der Waals surface area contributed by atoms with E-state index in [-0.39, 0.29) is 12.6 Å². The van der Waals surface area contributed by atoms with E-state index in [0.29, 0.717) is 24.7 Å². The minimum atomic E-state index is -0.145. The van der Waals surface area contributed by atoms with Gasteiger partial charge in [-0.2, -0.15) is 4.98 Å². The van der Waals surface area contributed by atoms with Crippen molar-refractivity contribution in [2.45, 2.75) is 19.1 Å². The van der Waals surface area contributed by atoms with Crippen molar-refractivity contribution in [1.29, 1.82) is 0 Å². The highest BCUT2D eigenvalue weighted by atomic mass is 16.5. The summed E-state index contributed by atoms with van der Waals surface area (Å²) in [5.74, 6) is 1.77. The summed E-state index contributed by atoms with van der Waals surface area (Å²) in [7, 11) is 1.60. The van der Waals surface area contributed by atoms with E-state index in [2.05, 4.69) is 10.1 Å². The van der Waals surface area contributed by atoms with E-state index in [1.807, 2.05) is 30.3 Å². The monoisotopic (exact) mass is 263 g/mol. The number of methoxy groups -OCH3 is 1. The highest BCUT2D eigenvalue weighted by Crippen LogP contribution is 2.10. The Hall–Kier alpha value is -1.92. The molecular weight excluding hydrogens is 246 g/mol. The van der Waals surface area contributed by atoms with Crippen molar-refractivity contribution in [2.75, 3.05) is 13.7 Å². The maximum Gasteiger partial charge on any atom is 0.228 e. The Morgan fingerprint density at radius 1 is 1.32 bits per heavy atom. The number of nitrogens with zero attached hydrogens (tertiary/aromatic N) is 2. The van der Waals surface area contributed by atoms with E-state index in [1.165, 1.54) is 0 Å². The van der Waals surface area contributed by atoms with Crippen LogP contribution in [0.15, 0.2) is 34.9 Å². The average molecular weight is 263 g/mol. The molecule has 2 aromatic rings. The van der Waals surface area contributed by atoms with Crippen LogP contribution in [0.5, 0.6) is 5.75 Å². The van der Waals surface area contributed by atoms with Crippen molar-refractivity contribution >= 4 is 0 Å². The molecule has 0 fully saturated rings. The molecule has 2 rings (SSSR count). The smallest absolute Gasteiger partial charge is 0.228 e. The Kier molecular flexibility index (Phi) is 4.88. The van der Waals surface area contributed by atoms with Gasteiger partial charge in [-0.3, -0.25) is 0 Å². The molecule has 6 nitrogen and oxygen atoms in total. The lowest BCUT2D eigenvalue weighted by atomic mass is 10.2. The van der Waals surface area contributed by atoms with Gasteiger partial charge in [-0.05, 0) is 12.1 Å². The highest BCUT2D eigenvalue weighted by Gasteiger charge is 2.11. The topological polar surface area (TPSA) is 83.4 Å². The second-order valence-electron chi connectivity index (χ2n) is 4.13. The largest absolute Gasteiger partial charge is 0.485 e. The van der Waals surface area contributed by atoms with Crippen LogP contribution >= 0.6 is 0 Å². The summed E-state index contributed by atoms with van der Waals surface area (Å²) in [5, 5.41) is 3.84. The van der Waals surface area contributed by atoms with Crippen molar-refractivity contribution in [2.24, 2.45) is 5.73 Å². The van der Waals surface area contributed by atoms with Gasteiger partial charge in [0, 0.05) is 19.6 Å². The lowest BCUT2D eigenvalue weighted by Gasteiger charge is -2.05. The predicted octanol–water partition coefficient (Wildman–Crippen LogP) is 1.16. The van der Waals surface area contributed by atoms with Crippen LogP contribution in [0, 0.1) is 0 Å². The molecule has 0 amide bonds. The Bertz CT molecular complexity index is 487. The van der Waals surface area contributed by atoms with Crippen LogP contribution < -0.4 is 10.5 Å². The molecule has 19 heavy (non-hydrogen) atoms. The summed E-state index contributed by atoms with van der Waals surface area (Å²) in [6.07, 6.45) is 0.492. The average Bonchev–Trinajstić information content (AvgIpc) is 2.85. The van der Waals surface area contributed by atoms with Gasteiger partial charge in [0.2, 0.25) is 11.7 Å². The number of benzene rings is 1. The van der Waals surface area contributed by atoms with Crippen LogP contribution in [0.3, 0.4) is 0 Å². The third kappa shape index (κ3) is 4.35. The molecule has 6 heteroatoms. The van der Waals surface area contributed by atoms with E-state index in [4.69, 9.17) is 19.7 Å². The van der Waals surface area contributed by atoms with Gasteiger partial charge in [0.25, 0.3) is 0 Å². The molecule has 0 radical (unpaired) electrons. The van der Waals surface area contributed by atoms with Gasteiger partial charge < -0.3 is 19.7 Å². The molecule has 102 valence electrons. The zero-order valence-electron chi connectivity index (χ0n) is 10.8. The van der Waals surface area contributed by atoms with E-state index >= 15 is 0 Å². The summed E-state index contributed by atoms with van der Waals surface area (Å²) in [4.78, 5) is 4.21. The zero-order valence-corrected chi connectivity index (χ0v) is 10.8. The second-order valence-corrected chi connectivity index (χ2v) is 4.13. The van der Waals surface area contributed by atoms with Crippen molar-refractivity contribution in [1.82, 2.24) is 10.1 Å². The maximum absolute atomic E-state index is 5.81. The Balaban J connectivity index is 1.84. The number of para-hydroxylation sites is 1. The van der Waals surface area contributed by atoms with Gasteiger partial charge in [0.05, 0.1) is 6.61 Å². The van der Waals surface area contributed by atoms with Crippen LogP contribution in [-0.2, 0) is 17.8 Å². The molecular formula is C13H17N3O3. The minimum absolute atomic E-state index is 0.145. The molecule has 1 aromatic carbocycles. The quantitative estimate of drug-likeness (QED) is 0.807.